The van der Waals surface area contributed by atoms with Crippen LogP contribution in [0.1, 0.15) is 65.7 Å². The Morgan fingerprint density at radius 2 is 1.76 bits per heavy atom. The number of halogens is 3. The van der Waals surface area contributed by atoms with E-state index in [1.807, 2.05) is 0 Å². The highest BCUT2D eigenvalue weighted by molar-refractivity contribution is 5.12. The molecule has 122 valence electrons. The molecule has 0 amide bonds. The van der Waals surface area contributed by atoms with Gasteiger partial charge in [-0.2, -0.15) is 13.2 Å². The summed E-state index contributed by atoms with van der Waals surface area (Å²) in [4.78, 5) is 0. The standard InChI is InChI=1S/C17H28F3N/c1-15(2)12-7-8-16(3,10-12)14(15)21-13-6-4-5-11(9-13)17(18,19)20/h11-14,21H,4-10H2,1-3H3. The van der Waals surface area contributed by atoms with Crippen molar-refractivity contribution >= 4 is 0 Å². The Hall–Kier alpha value is -0.250. The van der Waals surface area contributed by atoms with Gasteiger partial charge >= 0.3 is 6.18 Å². The fraction of sp³-hybridized carbons (Fsp3) is 1.00. The van der Waals surface area contributed by atoms with Crippen molar-refractivity contribution < 1.29 is 13.2 Å². The zero-order chi connectivity index (χ0) is 15.5. The molecule has 0 radical (unpaired) electrons. The van der Waals surface area contributed by atoms with Crippen molar-refractivity contribution in [3.8, 4) is 0 Å². The van der Waals surface area contributed by atoms with Crippen molar-refractivity contribution in [3.63, 3.8) is 0 Å². The summed E-state index contributed by atoms with van der Waals surface area (Å²) >= 11 is 0. The smallest absolute Gasteiger partial charge is 0.310 e. The minimum atomic E-state index is -4.02. The van der Waals surface area contributed by atoms with Crippen molar-refractivity contribution in [2.75, 3.05) is 0 Å². The Labute approximate surface area is 126 Å². The summed E-state index contributed by atoms with van der Waals surface area (Å²) in [5.41, 5.74) is 0.511. The van der Waals surface area contributed by atoms with Crippen LogP contribution in [0.15, 0.2) is 0 Å². The summed E-state index contributed by atoms with van der Waals surface area (Å²) in [5.74, 6) is -0.361. The Kier molecular flexibility index (Phi) is 3.63. The zero-order valence-corrected chi connectivity index (χ0v) is 13.4. The molecule has 3 aliphatic rings. The first-order valence-electron chi connectivity index (χ1n) is 8.46. The van der Waals surface area contributed by atoms with Crippen LogP contribution in [0.2, 0.25) is 0 Å². The van der Waals surface area contributed by atoms with Gasteiger partial charge in [-0.25, -0.2) is 0 Å². The van der Waals surface area contributed by atoms with Gasteiger partial charge in [-0.3, -0.25) is 0 Å². The molecule has 5 unspecified atom stereocenters. The number of fused-ring (bicyclic) bond motifs is 2. The van der Waals surface area contributed by atoms with Gasteiger partial charge in [0.1, 0.15) is 0 Å². The molecule has 1 N–H and O–H groups in total. The van der Waals surface area contributed by atoms with E-state index in [-0.39, 0.29) is 17.9 Å². The second-order valence-corrected chi connectivity index (χ2v) is 8.62. The molecule has 0 aromatic rings. The van der Waals surface area contributed by atoms with Crippen LogP contribution < -0.4 is 5.32 Å². The third kappa shape index (κ3) is 2.62. The van der Waals surface area contributed by atoms with Crippen LogP contribution in [0.5, 0.6) is 0 Å². The van der Waals surface area contributed by atoms with Crippen molar-refractivity contribution in [1.29, 1.82) is 0 Å². The van der Waals surface area contributed by atoms with E-state index >= 15 is 0 Å². The first-order valence-corrected chi connectivity index (χ1v) is 8.46. The quantitative estimate of drug-likeness (QED) is 0.764. The van der Waals surface area contributed by atoms with Crippen LogP contribution >= 0.6 is 0 Å². The van der Waals surface area contributed by atoms with Gasteiger partial charge in [0.15, 0.2) is 0 Å². The SMILES string of the molecule is CC12CCC(C1)C(C)(C)C2NC1CCCC(C(F)(F)F)C1. The van der Waals surface area contributed by atoms with Gasteiger partial charge in [0.05, 0.1) is 5.92 Å². The second kappa shape index (κ2) is 4.87. The first-order chi connectivity index (χ1) is 9.63. The molecule has 3 saturated carbocycles. The molecule has 5 atom stereocenters. The third-order valence-electron chi connectivity index (χ3n) is 6.81. The number of nitrogens with one attached hydrogen (secondary N) is 1. The fourth-order valence-corrected chi connectivity index (χ4v) is 5.59. The maximum Gasteiger partial charge on any atom is 0.391 e. The summed E-state index contributed by atoms with van der Waals surface area (Å²) in [6.45, 7) is 6.96. The van der Waals surface area contributed by atoms with E-state index in [1.54, 1.807) is 0 Å². The number of hydrogen-bond donors (Lipinski definition) is 1. The summed E-state index contributed by atoms with van der Waals surface area (Å²) in [5, 5.41) is 3.68. The lowest BCUT2D eigenvalue weighted by molar-refractivity contribution is -0.184. The van der Waals surface area contributed by atoms with Crippen LogP contribution in [-0.2, 0) is 0 Å². The van der Waals surface area contributed by atoms with Crippen LogP contribution in [-0.4, -0.2) is 18.3 Å². The van der Waals surface area contributed by atoms with Crippen LogP contribution in [0.3, 0.4) is 0 Å². The van der Waals surface area contributed by atoms with E-state index < -0.39 is 12.1 Å². The maximum absolute atomic E-state index is 13.0. The third-order valence-corrected chi connectivity index (χ3v) is 6.81. The van der Waals surface area contributed by atoms with Crippen molar-refractivity contribution in [3.05, 3.63) is 0 Å². The number of hydrogen-bond acceptors (Lipinski definition) is 1. The molecule has 0 aliphatic heterocycles. The predicted molar refractivity (Wildman–Crippen MR) is 78.0 cm³/mol. The Morgan fingerprint density at radius 1 is 1.05 bits per heavy atom. The lowest BCUT2D eigenvalue weighted by Crippen LogP contribution is -2.55. The molecule has 0 saturated heterocycles. The highest BCUT2D eigenvalue weighted by Gasteiger charge is 2.59. The summed E-state index contributed by atoms with van der Waals surface area (Å²) in [6, 6.07) is 0.423. The Morgan fingerprint density at radius 3 is 2.33 bits per heavy atom. The van der Waals surface area contributed by atoms with Gasteiger partial charge in [0, 0.05) is 12.1 Å². The normalized spacial score (nSPS) is 46.0. The first kappa shape index (κ1) is 15.6. The molecular formula is C17H28F3N. The Balaban J connectivity index is 1.69. The lowest BCUT2D eigenvalue weighted by Gasteiger charge is -2.46. The van der Waals surface area contributed by atoms with Gasteiger partial charge in [-0.1, -0.05) is 27.2 Å². The van der Waals surface area contributed by atoms with E-state index in [4.69, 9.17) is 0 Å². The molecule has 2 bridgehead atoms. The predicted octanol–water partition coefficient (Wildman–Crippen LogP) is 4.91. The fourth-order valence-electron chi connectivity index (χ4n) is 5.59. The zero-order valence-electron chi connectivity index (χ0n) is 13.4. The summed E-state index contributed by atoms with van der Waals surface area (Å²) < 4.78 is 38.9. The van der Waals surface area contributed by atoms with Gasteiger partial charge < -0.3 is 5.32 Å². The average Bonchev–Trinajstić information content (AvgIpc) is 2.85. The molecule has 3 aliphatic carbocycles. The molecule has 0 aromatic carbocycles. The number of rotatable bonds is 2. The molecule has 0 spiro atoms. The minimum Gasteiger partial charge on any atom is -0.310 e. The van der Waals surface area contributed by atoms with E-state index in [0.717, 1.165) is 12.3 Å². The van der Waals surface area contributed by atoms with Gasteiger partial charge in [0.2, 0.25) is 0 Å². The summed E-state index contributed by atoms with van der Waals surface area (Å²) in [6.07, 6.45) is 1.94. The van der Waals surface area contributed by atoms with Gasteiger partial charge in [0.25, 0.3) is 0 Å². The minimum absolute atomic E-state index is 0.0471. The Bertz CT molecular complexity index is 399. The highest BCUT2D eigenvalue weighted by atomic mass is 19.4. The second-order valence-electron chi connectivity index (χ2n) is 8.62. The van der Waals surface area contributed by atoms with Crippen molar-refractivity contribution in [1.82, 2.24) is 5.32 Å². The topological polar surface area (TPSA) is 12.0 Å². The molecule has 1 nitrogen and oxygen atoms in total. The molecule has 0 aromatic heterocycles. The highest BCUT2D eigenvalue weighted by Crippen LogP contribution is 2.62. The maximum atomic E-state index is 13.0. The molecular weight excluding hydrogens is 275 g/mol. The van der Waals surface area contributed by atoms with E-state index in [2.05, 4.69) is 26.1 Å². The average molecular weight is 303 g/mol. The number of alkyl halides is 3. The summed E-state index contributed by atoms with van der Waals surface area (Å²) in [7, 11) is 0. The molecule has 3 fully saturated rings. The van der Waals surface area contributed by atoms with E-state index in [0.29, 0.717) is 24.3 Å². The molecule has 0 heterocycles. The molecule has 21 heavy (non-hydrogen) atoms. The van der Waals surface area contributed by atoms with E-state index in [1.165, 1.54) is 19.3 Å². The monoisotopic (exact) mass is 303 g/mol. The lowest BCUT2D eigenvalue weighted by atomic mass is 9.67. The van der Waals surface area contributed by atoms with E-state index in [9.17, 15) is 13.2 Å². The molecule has 3 rings (SSSR count). The van der Waals surface area contributed by atoms with Gasteiger partial charge in [-0.05, 0) is 55.3 Å². The molecule has 4 heteroatoms. The van der Waals surface area contributed by atoms with Crippen LogP contribution in [0.4, 0.5) is 13.2 Å². The van der Waals surface area contributed by atoms with Gasteiger partial charge in [-0.15, -0.1) is 0 Å². The van der Waals surface area contributed by atoms with Crippen molar-refractivity contribution in [2.24, 2.45) is 22.7 Å². The van der Waals surface area contributed by atoms with Crippen molar-refractivity contribution in [2.45, 2.75) is 84.0 Å². The van der Waals surface area contributed by atoms with Crippen LogP contribution in [0, 0.1) is 22.7 Å². The largest absolute Gasteiger partial charge is 0.391 e. The van der Waals surface area contributed by atoms with Crippen LogP contribution in [0.25, 0.3) is 0 Å².